The maximum absolute atomic E-state index is 12.6. The van der Waals surface area contributed by atoms with E-state index in [0.717, 1.165) is 5.39 Å². The van der Waals surface area contributed by atoms with Crippen LogP contribution in [0.1, 0.15) is 0 Å². The highest BCUT2D eigenvalue weighted by molar-refractivity contribution is 7.92. The summed E-state index contributed by atoms with van der Waals surface area (Å²) in [6, 6.07) is 1.98. The van der Waals surface area contributed by atoms with E-state index in [0.29, 0.717) is 24.7 Å². The number of nitrogens with zero attached hydrogens (tertiary/aromatic N) is 3. The third kappa shape index (κ3) is 1.94. The number of hydrogen-bond acceptors (Lipinski definition) is 5. The maximum Gasteiger partial charge on any atom is 0.226 e. The minimum atomic E-state index is 0.0763. The Kier molecular flexibility index (Phi) is 2.81. The van der Waals surface area contributed by atoms with Crippen molar-refractivity contribution < 1.29 is 8.62 Å². The molecule has 1 fully saturated rings. The highest BCUT2D eigenvalue weighted by atomic mass is 35.5. The predicted octanol–water partition coefficient (Wildman–Crippen LogP) is 2.28. The molecule has 8 heteroatoms. The van der Waals surface area contributed by atoms with Gasteiger partial charge in [0.2, 0.25) is 5.28 Å². The number of hydrogen-bond donors (Lipinski definition) is 1. The van der Waals surface area contributed by atoms with Crippen molar-refractivity contribution in [3.63, 3.8) is 0 Å². The van der Waals surface area contributed by atoms with E-state index < -0.39 is 0 Å². The van der Waals surface area contributed by atoms with Crippen LogP contribution in [-0.2, 0) is 4.74 Å². The smallest absolute Gasteiger partial charge is 0.226 e. The van der Waals surface area contributed by atoms with Crippen molar-refractivity contribution in [2.45, 2.75) is 6.04 Å². The fourth-order valence-corrected chi connectivity index (χ4v) is 2.12. The first-order valence-electron chi connectivity index (χ1n) is 4.96. The summed E-state index contributed by atoms with van der Waals surface area (Å²) in [6.45, 7) is 1.28. The molecule has 1 aliphatic heterocycles. The SMILES string of the molecule is FSn1ccc2c(NC3COC3)nc(Cl)nc21. The van der Waals surface area contributed by atoms with E-state index in [9.17, 15) is 3.89 Å². The van der Waals surface area contributed by atoms with E-state index in [1.165, 1.54) is 3.97 Å². The topological polar surface area (TPSA) is 52.0 Å². The van der Waals surface area contributed by atoms with Gasteiger partial charge in [0.1, 0.15) is 5.82 Å². The van der Waals surface area contributed by atoms with Crippen LogP contribution in [0.25, 0.3) is 11.0 Å². The summed E-state index contributed by atoms with van der Waals surface area (Å²) in [5.74, 6) is 0.612. The molecule has 1 N–H and O–H groups in total. The average molecular weight is 275 g/mol. The molecule has 0 aliphatic carbocycles. The summed E-state index contributed by atoms with van der Waals surface area (Å²) in [4.78, 5) is 8.12. The molecule has 2 aromatic heterocycles. The molecule has 1 aliphatic rings. The van der Waals surface area contributed by atoms with E-state index in [-0.39, 0.29) is 23.7 Å². The van der Waals surface area contributed by atoms with Crippen molar-refractivity contribution in [2.75, 3.05) is 18.5 Å². The molecule has 0 bridgehead atoms. The number of rotatable bonds is 3. The standard InChI is InChI=1S/C9H8ClFN4OS/c10-9-13-7(12-5-3-16-4-5)6-1-2-15(17-11)8(6)14-9/h1-2,5H,3-4H2,(H,12,13,14). The molecular weight excluding hydrogens is 267 g/mol. The Labute approximate surface area is 106 Å². The van der Waals surface area contributed by atoms with Gasteiger partial charge in [-0.2, -0.15) is 4.98 Å². The molecule has 90 valence electrons. The Balaban J connectivity index is 2.06. The lowest BCUT2D eigenvalue weighted by atomic mass is 10.2. The molecule has 3 heterocycles. The molecule has 0 aromatic carbocycles. The van der Waals surface area contributed by atoms with Crippen LogP contribution in [0.3, 0.4) is 0 Å². The second kappa shape index (κ2) is 4.32. The van der Waals surface area contributed by atoms with E-state index >= 15 is 0 Å². The fourth-order valence-electron chi connectivity index (χ4n) is 1.64. The van der Waals surface area contributed by atoms with Crippen molar-refractivity contribution in [1.29, 1.82) is 0 Å². The molecule has 3 rings (SSSR count). The third-order valence-electron chi connectivity index (χ3n) is 2.54. The van der Waals surface area contributed by atoms with Crippen LogP contribution in [-0.4, -0.2) is 33.2 Å². The highest BCUT2D eigenvalue weighted by Gasteiger charge is 2.20. The van der Waals surface area contributed by atoms with Crippen molar-refractivity contribution in [3.8, 4) is 0 Å². The number of ether oxygens (including phenoxy) is 1. The number of anilines is 1. The van der Waals surface area contributed by atoms with Gasteiger partial charge in [0.25, 0.3) is 0 Å². The van der Waals surface area contributed by atoms with Gasteiger partial charge < -0.3 is 10.1 Å². The Morgan fingerprint density at radius 3 is 3.00 bits per heavy atom. The fraction of sp³-hybridized carbons (Fsp3) is 0.333. The zero-order valence-electron chi connectivity index (χ0n) is 8.56. The number of halogens is 2. The molecule has 2 aromatic rings. The molecule has 0 spiro atoms. The van der Waals surface area contributed by atoms with Gasteiger partial charge in [0, 0.05) is 6.20 Å². The summed E-state index contributed by atoms with van der Waals surface area (Å²) in [5.41, 5.74) is 0.459. The Bertz CT molecular complexity index is 559. The number of nitrogens with one attached hydrogen (secondary N) is 1. The number of fused-ring (bicyclic) bond motifs is 1. The average Bonchev–Trinajstić information content (AvgIpc) is 2.65. The van der Waals surface area contributed by atoms with Crippen LogP contribution in [0.15, 0.2) is 12.3 Å². The van der Waals surface area contributed by atoms with E-state index in [2.05, 4.69) is 15.3 Å². The quantitative estimate of drug-likeness (QED) is 0.870. The van der Waals surface area contributed by atoms with Crippen molar-refractivity contribution in [3.05, 3.63) is 17.5 Å². The van der Waals surface area contributed by atoms with E-state index in [1.807, 2.05) is 0 Å². The van der Waals surface area contributed by atoms with Gasteiger partial charge in [-0.25, -0.2) is 8.96 Å². The van der Waals surface area contributed by atoms with Crippen LogP contribution in [0.2, 0.25) is 5.28 Å². The van der Waals surface area contributed by atoms with Gasteiger partial charge in [-0.1, -0.05) is 0 Å². The summed E-state index contributed by atoms with van der Waals surface area (Å²) in [6.07, 6.45) is 1.59. The van der Waals surface area contributed by atoms with Crippen LogP contribution >= 0.6 is 23.9 Å². The van der Waals surface area contributed by atoms with Gasteiger partial charge in [-0.3, -0.25) is 0 Å². The molecule has 5 nitrogen and oxygen atoms in total. The van der Waals surface area contributed by atoms with Crippen LogP contribution in [0, 0.1) is 0 Å². The molecule has 0 amide bonds. The van der Waals surface area contributed by atoms with E-state index in [1.54, 1.807) is 12.3 Å². The summed E-state index contributed by atoms with van der Waals surface area (Å²) in [5, 5.41) is 4.03. The molecule has 17 heavy (non-hydrogen) atoms. The first-order valence-corrected chi connectivity index (χ1v) is 6.01. The van der Waals surface area contributed by atoms with Crippen molar-refractivity contribution in [2.24, 2.45) is 0 Å². The molecule has 1 saturated heterocycles. The lowest BCUT2D eigenvalue weighted by Gasteiger charge is -2.27. The second-order valence-electron chi connectivity index (χ2n) is 3.67. The van der Waals surface area contributed by atoms with Gasteiger partial charge in [-0.05, 0) is 17.7 Å². The molecule has 0 saturated carbocycles. The molecule has 0 atom stereocenters. The molecular formula is C9H8ClFN4OS. The summed E-state index contributed by atoms with van der Waals surface area (Å²) in [7, 11) is 0. The first-order chi connectivity index (χ1) is 8.28. The first kappa shape index (κ1) is 11.1. The third-order valence-corrected chi connectivity index (χ3v) is 3.15. The Hall–Kier alpha value is -1.05. The van der Waals surface area contributed by atoms with Crippen LogP contribution < -0.4 is 5.32 Å². The van der Waals surface area contributed by atoms with Gasteiger partial charge in [-0.15, -0.1) is 3.89 Å². The zero-order valence-corrected chi connectivity index (χ0v) is 10.1. The molecule has 0 unspecified atom stereocenters. The van der Waals surface area contributed by atoms with Crippen LogP contribution in [0.4, 0.5) is 9.70 Å². The van der Waals surface area contributed by atoms with Crippen molar-refractivity contribution in [1.82, 2.24) is 13.9 Å². The Morgan fingerprint density at radius 2 is 2.35 bits per heavy atom. The Morgan fingerprint density at radius 1 is 1.53 bits per heavy atom. The van der Waals surface area contributed by atoms with Crippen LogP contribution in [0.5, 0.6) is 0 Å². The predicted molar refractivity (Wildman–Crippen MR) is 64.9 cm³/mol. The van der Waals surface area contributed by atoms with E-state index in [4.69, 9.17) is 16.3 Å². The largest absolute Gasteiger partial charge is 0.377 e. The summed E-state index contributed by atoms with van der Waals surface area (Å²) >= 11 is 5.89. The van der Waals surface area contributed by atoms with Gasteiger partial charge in [0.15, 0.2) is 18.0 Å². The monoisotopic (exact) mass is 274 g/mol. The lowest BCUT2D eigenvalue weighted by molar-refractivity contribution is 0.0210. The second-order valence-corrected chi connectivity index (χ2v) is 4.54. The summed E-state index contributed by atoms with van der Waals surface area (Å²) < 4.78 is 19.0. The normalized spacial score (nSPS) is 16.1. The minimum absolute atomic E-state index is 0.0763. The van der Waals surface area contributed by atoms with Gasteiger partial charge in [0.05, 0.1) is 24.6 Å². The lowest BCUT2D eigenvalue weighted by Crippen LogP contribution is -2.40. The minimum Gasteiger partial charge on any atom is -0.377 e. The van der Waals surface area contributed by atoms with Crippen molar-refractivity contribution >= 4 is 40.8 Å². The van der Waals surface area contributed by atoms with Gasteiger partial charge >= 0.3 is 0 Å². The highest BCUT2D eigenvalue weighted by Crippen LogP contribution is 2.27. The zero-order chi connectivity index (χ0) is 11.8. The maximum atomic E-state index is 12.6. The number of aromatic nitrogens is 3. The molecule has 0 radical (unpaired) electrons.